The molecule has 1 heterocycles. The highest BCUT2D eigenvalue weighted by molar-refractivity contribution is 7.92. The van der Waals surface area contributed by atoms with E-state index in [1.807, 2.05) is 0 Å². The molecule has 162 valence electrons. The molecular weight excluding hydrogens is 422 g/mol. The maximum atomic E-state index is 14.2. The second-order valence-electron chi connectivity index (χ2n) is 7.65. The van der Waals surface area contributed by atoms with Gasteiger partial charge < -0.3 is 13.9 Å². The van der Waals surface area contributed by atoms with E-state index in [2.05, 4.69) is 4.72 Å². The molecule has 2 aromatic carbocycles. The van der Waals surface area contributed by atoms with Crippen molar-refractivity contribution in [1.82, 2.24) is 4.57 Å². The van der Waals surface area contributed by atoms with Gasteiger partial charge in [0.15, 0.2) is 11.6 Å². The SMILES string of the molecule is Cc1cc(-c2cc(N[S+](C)[O-])ccc2Oc2ccc(F)cc2F)cn(C2CCC2)c1=O. The minimum atomic E-state index is -1.29. The van der Waals surface area contributed by atoms with Gasteiger partial charge >= 0.3 is 0 Å². The number of nitrogens with zero attached hydrogens (tertiary/aromatic N) is 1. The van der Waals surface area contributed by atoms with E-state index in [0.29, 0.717) is 28.1 Å². The Morgan fingerprint density at radius 3 is 2.52 bits per heavy atom. The van der Waals surface area contributed by atoms with Gasteiger partial charge in [-0.05, 0) is 62.6 Å². The summed E-state index contributed by atoms with van der Waals surface area (Å²) in [6.07, 6.45) is 6.28. The predicted molar refractivity (Wildman–Crippen MR) is 118 cm³/mol. The Morgan fingerprint density at radius 2 is 1.87 bits per heavy atom. The summed E-state index contributed by atoms with van der Waals surface area (Å²) in [4.78, 5) is 12.6. The van der Waals surface area contributed by atoms with E-state index < -0.39 is 23.0 Å². The van der Waals surface area contributed by atoms with E-state index in [0.717, 1.165) is 31.4 Å². The van der Waals surface area contributed by atoms with Crippen LogP contribution in [0.15, 0.2) is 53.5 Å². The first-order valence-electron chi connectivity index (χ1n) is 9.92. The van der Waals surface area contributed by atoms with Crippen LogP contribution in [0.5, 0.6) is 11.5 Å². The van der Waals surface area contributed by atoms with Crippen LogP contribution in [0.3, 0.4) is 0 Å². The fraction of sp³-hybridized carbons (Fsp3) is 0.261. The van der Waals surface area contributed by atoms with E-state index in [-0.39, 0.29) is 17.4 Å². The predicted octanol–water partition coefficient (Wildman–Crippen LogP) is 5.32. The van der Waals surface area contributed by atoms with Gasteiger partial charge in [-0.15, -0.1) is 0 Å². The maximum Gasteiger partial charge on any atom is 0.253 e. The molecule has 1 fully saturated rings. The Balaban J connectivity index is 1.82. The lowest BCUT2D eigenvalue weighted by Crippen LogP contribution is -2.29. The second kappa shape index (κ2) is 8.72. The number of nitrogens with one attached hydrogen (secondary N) is 1. The van der Waals surface area contributed by atoms with Crippen molar-refractivity contribution < 1.29 is 18.1 Å². The molecule has 1 atom stereocenters. The van der Waals surface area contributed by atoms with Gasteiger partial charge in [0.05, 0.1) is 17.0 Å². The topological polar surface area (TPSA) is 66.3 Å². The monoisotopic (exact) mass is 444 g/mol. The zero-order valence-corrected chi connectivity index (χ0v) is 18.0. The molecule has 1 aliphatic carbocycles. The Labute approximate surface area is 182 Å². The molecule has 1 saturated carbocycles. The number of hydrogen-bond donors (Lipinski definition) is 1. The summed E-state index contributed by atoms with van der Waals surface area (Å²) in [5, 5.41) is 0. The zero-order valence-electron chi connectivity index (χ0n) is 17.2. The first kappa shape index (κ1) is 21.4. The number of pyridine rings is 1. The molecule has 1 aromatic heterocycles. The Kier molecular flexibility index (Phi) is 6.02. The summed E-state index contributed by atoms with van der Waals surface area (Å²) in [6, 6.07) is 10.0. The van der Waals surface area contributed by atoms with Gasteiger partial charge in [0.1, 0.15) is 17.8 Å². The molecule has 0 radical (unpaired) electrons. The summed E-state index contributed by atoms with van der Waals surface area (Å²) in [7, 11) is 0. The average Bonchev–Trinajstić information content (AvgIpc) is 2.66. The molecule has 0 spiro atoms. The number of rotatable bonds is 6. The molecule has 1 aliphatic rings. The lowest BCUT2D eigenvalue weighted by molar-refractivity contribution is 0.306. The molecule has 0 saturated heterocycles. The van der Waals surface area contributed by atoms with Crippen molar-refractivity contribution in [1.29, 1.82) is 0 Å². The Hall–Kier alpha value is -2.84. The Morgan fingerprint density at radius 1 is 1.13 bits per heavy atom. The molecule has 3 aromatic rings. The highest BCUT2D eigenvalue weighted by atomic mass is 32.2. The summed E-state index contributed by atoms with van der Waals surface area (Å²) in [5.74, 6) is -1.31. The quantitative estimate of drug-likeness (QED) is 0.522. The number of aryl methyl sites for hydroxylation is 1. The number of benzene rings is 2. The summed E-state index contributed by atoms with van der Waals surface area (Å²) >= 11 is -1.29. The highest BCUT2D eigenvalue weighted by Crippen LogP contribution is 2.38. The summed E-state index contributed by atoms with van der Waals surface area (Å²) < 4.78 is 49.5. The van der Waals surface area contributed by atoms with Crippen molar-refractivity contribution in [3.63, 3.8) is 0 Å². The Bertz CT molecular complexity index is 1180. The summed E-state index contributed by atoms with van der Waals surface area (Å²) in [6.45, 7) is 1.75. The van der Waals surface area contributed by atoms with Crippen molar-refractivity contribution in [2.24, 2.45) is 0 Å². The smallest absolute Gasteiger partial charge is 0.253 e. The van der Waals surface area contributed by atoms with E-state index in [1.165, 1.54) is 12.3 Å². The van der Waals surface area contributed by atoms with E-state index in [9.17, 15) is 18.1 Å². The normalized spacial score (nSPS) is 14.7. The van der Waals surface area contributed by atoms with Crippen LogP contribution in [0.2, 0.25) is 0 Å². The number of ether oxygens (including phenoxy) is 1. The van der Waals surface area contributed by atoms with Gasteiger partial charge in [-0.2, -0.15) is 0 Å². The minimum absolute atomic E-state index is 0.0376. The molecule has 31 heavy (non-hydrogen) atoms. The van der Waals surface area contributed by atoms with Gasteiger partial charge in [0.2, 0.25) is 0 Å². The fourth-order valence-electron chi connectivity index (χ4n) is 3.58. The van der Waals surface area contributed by atoms with E-state index in [4.69, 9.17) is 4.74 Å². The minimum Gasteiger partial charge on any atom is -0.593 e. The number of aromatic nitrogens is 1. The van der Waals surface area contributed by atoms with Crippen molar-refractivity contribution in [3.8, 4) is 22.6 Å². The van der Waals surface area contributed by atoms with Crippen molar-refractivity contribution in [2.45, 2.75) is 32.2 Å². The maximum absolute atomic E-state index is 14.2. The highest BCUT2D eigenvalue weighted by Gasteiger charge is 2.22. The van der Waals surface area contributed by atoms with Crippen LogP contribution in [-0.2, 0) is 11.4 Å². The number of anilines is 1. The van der Waals surface area contributed by atoms with Crippen LogP contribution < -0.4 is 15.0 Å². The van der Waals surface area contributed by atoms with Crippen LogP contribution in [0.4, 0.5) is 14.5 Å². The zero-order chi connectivity index (χ0) is 22.1. The lowest BCUT2D eigenvalue weighted by Gasteiger charge is -2.28. The average molecular weight is 445 g/mol. The van der Waals surface area contributed by atoms with Gasteiger partial charge in [-0.25, -0.2) is 13.5 Å². The lowest BCUT2D eigenvalue weighted by atomic mass is 9.92. The van der Waals surface area contributed by atoms with Gasteiger partial charge in [0.25, 0.3) is 5.56 Å². The standard InChI is InChI=1S/C23H22F2N2O3S/c1-14-10-15(13-27(23(14)28)18-4-3-5-18)19-12-17(26-31(2)29)7-9-21(19)30-22-8-6-16(24)11-20(22)25/h6-13,18,26H,3-5H2,1-2H3. The molecule has 4 rings (SSSR count). The third kappa shape index (κ3) is 4.60. The first-order chi connectivity index (χ1) is 14.8. The summed E-state index contributed by atoms with van der Waals surface area (Å²) in [5.41, 5.74) is 2.44. The molecule has 1 unspecified atom stereocenters. The first-order valence-corrected chi connectivity index (χ1v) is 11.5. The van der Waals surface area contributed by atoms with Gasteiger partial charge in [0, 0.05) is 35.0 Å². The van der Waals surface area contributed by atoms with Crippen LogP contribution in [0.1, 0.15) is 30.9 Å². The third-order valence-electron chi connectivity index (χ3n) is 5.36. The third-order valence-corrected chi connectivity index (χ3v) is 5.88. The van der Waals surface area contributed by atoms with Crippen molar-refractivity contribution in [3.05, 3.63) is 76.2 Å². The molecule has 0 amide bonds. The molecule has 0 bridgehead atoms. The molecule has 0 aliphatic heterocycles. The van der Waals surface area contributed by atoms with E-state index >= 15 is 0 Å². The van der Waals surface area contributed by atoms with Crippen molar-refractivity contribution in [2.75, 3.05) is 11.0 Å². The van der Waals surface area contributed by atoms with Crippen LogP contribution in [0.25, 0.3) is 11.1 Å². The fourth-order valence-corrected chi connectivity index (χ4v) is 4.04. The van der Waals surface area contributed by atoms with Crippen molar-refractivity contribution >= 4 is 17.0 Å². The second-order valence-corrected chi connectivity index (χ2v) is 8.77. The molecular formula is C23H22F2N2O3S. The largest absolute Gasteiger partial charge is 0.593 e. The molecule has 1 N–H and O–H groups in total. The van der Waals surface area contributed by atoms with E-state index in [1.54, 1.807) is 42.0 Å². The van der Waals surface area contributed by atoms with Crippen LogP contribution in [0, 0.1) is 18.6 Å². The molecule has 5 nitrogen and oxygen atoms in total. The van der Waals surface area contributed by atoms with Gasteiger partial charge in [-0.1, -0.05) is 0 Å². The van der Waals surface area contributed by atoms with Gasteiger partial charge in [-0.3, -0.25) is 4.79 Å². The number of halogens is 2. The van der Waals surface area contributed by atoms with Crippen LogP contribution >= 0.6 is 0 Å². The van der Waals surface area contributed by atoms with Crippen LogP contribution in [-0.4, -0.2) is 15.4 Å². The number of hydrogen-bond acceptors (Lipinski definition) is 4. The molecule has 8 heteroatoms.